The molecule has 0 spiro atoms. The molecular formula is C21H27NO4. The van der Waals surface area contributed by atoms with Crippen LogP contribution < -0.4 is 0 Å². The largest absolute Gasteiger partial charge is 0.504 e. The van der Waals surface area contributed by atoms with E-state index in [1.807, 2.05) is 20.0 Å². The van der Waals surface area contributed by atoms with Crippen molar-refractivity contribution in [2.45, 2.75) is 57.1 Å². The number of rotatable bonds is 4. The number of nitrogens with zero attached hydrogens (tertiary/aromatic N) is 1. The number of carbonyl (C=O) groups is 2. The van der Waals surface area contributed by atoms with Gasteiger partial charge in [0.2, 0.25) is 5.78 Å². The summed E-state index contributed by atoms with van der Waals surface area (Å²) in [4.78, 5) is 26.7. The first kappa shape index (κ1) is 17.7. The van der Waals surface area contributed by atoms with Gasteiger partial charge in [0.25, 0.3) is 0 Å². The van der Waals surface area contributed by atoms with Crippen LogP contribution in [0.2, 0.25) is 0 Å². The molecular weight excluding hydrogens is 330 g/mol. The van der Waals surface area contributed by atoms with E-state index in [-0.39, 0.29) is 24.0 Å². The number of ketones is 2. The predicted octanol–water partition coefficient (Wildman–Crippen LogP) is 2.47. The van der Waals surface area contributed by atoms with Gasteiger partial charge in [-0.15, -0.1) is 0 Å². The van der Waals surface area contributed by atoms with Gasteiger partial charge in [-0.2, -0.15) is 0 Å². The summed E-state index contributed by atoms with van der Waals surface area (Å²) in [6.45, 7) is 2.85. The predicted molar refractivity (Wildman–Crippen MR) is 97.6 cm³/mol. The summed E-state index contributed by atoms with van der Waals surface area (Å²) in [6.07, 6.45) is 8.91. The number of carbonyl (C=O) groups excluding carboxylic acids is 2. The molecule has 5 heteroatoms. The van der Waals surface area contributed by atoms with Crippen molar-refractivity contribution in [3.63, 3.8) is 0 Å². The summed E-state index contributed by atoms with van der Waals surface area (Å²) in [7, 11) is 2.03. The molecule has 0 heterocycles. The topological polar surface area (TPSA) is 77.8 Å². The van der Waals surface area contributed by atoms with Crippen LogP contribution in [0.25, 0.3) is 0 Å². The SMILES string of the molecule is CC[C@]12CC(=O)CCC1(O)C(N(C)CC1CC1)C=C1C=CC(=O)C(O)=C12. The molecule has 0 amide bonds. The number of allylic oxidation sites excluding steroid dienone is 3. The highest BCUT2D eigenvalue weighted by Crippen LogP contribution is 2.59. The first-order valence-electron chi connectivity index (χ1n) is 9.65. The fraction of sp³-hybridized carbons (Fsp3) is 0.619. The average Bonchev–Trinajstić information content (AvgIpc) is 3.42. The Morgan fingerprint density at radius 3 is 2.65 bits per heavy atom. The molecule has 0 bridgehead atoms. The van der Waals surface area contributed by atoms with Crippen molar-refractivity contribution in [1.82, 2.24) is 4.90 Å². The smallest absolute Gasteiger partial charge is 0.220 e. The van der Waals surface area contributed by atoms with E-state index in [9.17, 15) is 19.8 Å². The lowest BCUT2D eigenvalue weighted by Crippen LogP contribution is -2.66. The Kier molecular flexibility index (Phi) is 4.01. The number of Topliss-reactive ketones (excluding diaryl/α,β-unsaturated/α-hetero) is 1. The van der Waals surface area contributed by atoms with Crippen molar-refractivity contribution in [2.24, 2.45) is 11.3 Å². The highest BCUT2D eigenvalue weighted by molar-refractivity contribution is 6.05. The number of likely N-dealkylation sites (N-methyl/N-ethyl adjacent to an activating group) is 1. The summed E-state index contributed by atoms with van der Waals surface area (Å²) in [5, 5.41) is 22.5. The van der Waals surface area contributed by atoms with Gasteiger partial charge in [0, 0.05) is 30.4 Å². The third-order valence-electron chi connectivity index (χ3n) is 6.91. The first-order valence-corrected chi connectivity index (χ1v) is 9.65. The second-order valence-corrected chi connectivity index (χ2v) is 8.45. The van der Waals surface area contributed by atoms with E-state index >= 15 is 0 Å². The van der Waals surface area contributed by atoms with Crippen LogP contribution in [0.3, 0.4) is 0 Å². The second-order valence-electron chi connectivity index (χ2n) is 8.45. The van der Waals surface area contributed by atoms with E-state index in [0.717, 1.165) is 12.1 Å². The number of aliphatic hydroxyl groups excluding tert-OH is 1. The van der Waals surface area contributed by atoms with Gasteiger partial charge in [0.05, 0.1) is 11.6 Å². The third-order valence-corrected chi connectivity index (χ3v) is 6.91. The lowest BCUT2D eigenvalue weighted by Gasteiger charge is -2.58. The Morgan fingerprint density at radius 1 is 1.27 bits per heavy atom. The van der Waals surface area contributed by atoms with E-state index in [1.54, 1.807) is 6.08 Å². The summed E-state index contributed by atoms with van der Waals surface area (Å²) in [5.74, 6) is 0.00731. The maximum Gasteiger partial charge on any atom is 0.220 e. The molecule has 0 saturated heterocycles. The average molecular weight is 357 g/mol. The molecule has 140 valence electrons. The number of aliphatic hydroxyl groups is 2. The molecule has 4 aliphatic rings. The number of hydrogen-bond donors (Lipinski definition) is 2. The van der Waals surface area contributed by atoms with Crippen molar-refractivity contribution in [2.75, 3.05) is 13.6 Å². The zero-order valence-corrected chi connectivity index (χ0v) is 15.5. The van der Waals surface area contributed by atoms with Crippen molar-refractivity contribution in [3.05, 3.63) is 35.1 Å². The highest BCUT2D eigenvalue weighted by Gasteiger charge is 2.62. The van der Waals surface area contributed by atoms with Crippen LogP contribution in [-0.4, -0.2) is 51.9 Å². The van der Waals surface area contributed by atoms with E-state index in [1.165, 1.54) is 18.9 Å². The summed E-state index contributed by atoms with van der Waals surface area (Å²) in [5.41, 5.74) is -0.841. The molecule has 0 aromatic carbocycles. The van der Waals surface area contributed by atoms with Crippen LogP contribution in [0.5, 0.6) is 0 Å². The molecule has 3 atom stereocenters. The van der Waals surface area contributed by atoms with Crippen LogP contribution in [0, 0.1) is 11.3 Å². The fourth-order valence-electron chi connectivity index (χ4n) is 5.34. The summed E-state index contributed by atoms with van der Waals surface area (Å²) in [6, 6.07) is -0.236. The Bertz CT molecular complexity index is 760. The quantitative estimate of drug-likeness (QED) is 0.808. The maximum absolute atomic E-state index is 12.4. The van der Waals surface area contributed by atoms with Crippen LogP contribution in [0.1, 0.15) is 45.4 Å². The molecule has 0 radical (unpaired) electrons. The van der Waals surface area contributed by atoms with Crippen LogP contribution in [0.4, 0.5) is 0 Å². The molecule has 4 aliphatic carbocycles. The van der Waals surface area contributed by atoms with E-state index in [4.69, 9.17) is 0 Å². The van der Waals surface area contributed by atoms with Gasteiger partial charge in [-0.1, -0.05) is 19.1 Å². The third kappa shape index (κ3) is 2.37. The van der Waals surface area contributed by atoms with E-state index < -0.39 is 16.8 Å². The monoisotopic (exact) mass is 357 g/mol. The minimum atomic E-state index is -1.17. The minimum Gasteiger partial charge on any atom is -0.504 e. The van der Waals surface area contributed by atoms with Crippen molar-refractivity contribution >= 4 is 11.6 Å². The summed E-state index contributed by atoms with van der Waals surface area (Å²) >= 11 is 0. The number of hydrogen-bond acceptors (Lipinski definition) is 5. The van der Waals surface area contributed by atoms with Crippen molar-refractivity contribution in [1.29, 1.82) is 0 Å². The summed E-state index contributed by atoms with van der Waals surface area (Å²) < 4.78 is 0. The Balaban J connectivity index is 1.90. The molecule has 2 fully saturated rings. The normalized spacial score (nSPS) is 36.9. The number of fused-ring (bicyclic) bond motifs is 3. The molecule has 0 aromatic heterocycles. The Morgan fingerprint density at radius 2 is 2.00 bits per heavy atom. The van der Waals surface area contributed by atoms with Gasteiger partial charge in [0.15, 0.2) is 5.76 Å². The standard InChI is InChI=1S/C21H27NO4/c1-3-20-11-15(23)8-9-21(20,26)17(22(2)12-13-4-5-13)10-14-6-7-16(24)19(25)18(14)20/h6-7,10,13,17,25-26H,3-5,8-9,11-12H2,1-2H3/t17?,20-,21?/m1/s1. The van der Waals surface area contributed by atoms with Gasteiger partial charge in [-0.3, -0.25) is 14.5 Å². The molecule has 2 unspecified atom stereocenters. The Hall–Kier alpha value is -1.72. The molecule has 0 aliphatic heterocycles. The van der Waals surface area contributed by atoms with Crippen molar-refractivity contribution < 1.29 is 19.8 Å². The van der Waals surface area contributed by atoms with Gasteiger partial charge in [0.1, 0.15) is 5.78 Å². The molecule has 5 nitrogen and oxygen atoms in total. The van der Waals surface area contributed by atoms with E-state index in [2.05, 4.69) is 4.90 Å². The molecule has 0 aromatic rings. The zero-order valence-electron chi connectivity index (χ0n) is 15.5. The zero-order chi connectivity index (χ0) is 18.7. The van der Waals surface area contributed by atoms with Crippen LogP contribution in [0.15, 0.2) is 35.1 Å². The van der Waals surface area contributed by atoms with E-state index in [0.29, 0.717) is 30.8 Å². The maximum atomic E-state index is 12.4. The molecule has 4 rings (SSSR count). The lowest BCUT2D eigenvalue weighted by molar-refractivity contribution is -0.156. The first-order chi connectivity index (χ1) is 12.3. The van der Waals surface area contributed by atoms with Gasteiger partial charge in [-0.25, -0.2) is 0 Å². The molecule has 2 saturated carbocycles. The van der Waals surface area contributed by atoms with Gasteiger partial charge >= 0.3 is 0 Å². The minimum absolute atomic E-state index is 0.0867. The molecule has 26 heavy (non-hydrogen) atoms. The van der Waals surface area contributed by atoms with Crippen LogP contribution >= 0.6 is 0 Å². The fourth-order valence-corrected chi connectivity index (χ4v) is 5.34. The highest BCUT2D eigenvalue weighted by atomic mass is 16.3. The lowest BCUT2D eigenvalue weighted by atomic mass is 9.50. The van der Waals surface area contributed by atoms with Gasteiger partial charge < -0.3 is 10.2 Å². The van der Waals surface area contributed by atoms with Crippen molar-refractivity contribution in [3.8, 4) is 0 Å². The Labute approximate surface area is 154 Å². The van der Waals surface area contributed by atoms with Gasteiger partial charge in [-0.05, 0) is 50.3 Å². The second kappa shape index (κ2) is 5.89. The van der Waals surface area contributed by atoms with Crippen LogP contribution in [-0.2, 0) is 9.59 Å². The molecule has 2 N–H and O–H groups in total.